The molecule has 2 aromatic rings. The highest BCUT2D eigenvalue weighted by Crippen LogP contribution is 2.35. The maximum Gasteiger partial charge on any atom is 0.229 e. The summed E-state index contributed by atoms with van der Waals surface area (Å²) < 4.78 is 5.39. The van der Waals surface area contributed by atoms with Crippen molar-refractivity contribution in [1.29, 1.82) is 0 Å². The predicted molar refractivity (Wildman–Crippen MR) is 89.1 cm³/mol. The molecule has 0 amide bonds. The van der Waals surface area contributed by atoms with Gasteiger partial charge >= 0.3 is 0 Å². The van der Waals surface area contributed by atoms with E-state index in [4.69, 9.17) is 4.52 Å². The molecule has 2 heterocycles. The van der Waals surface area contributed by atoms with E-state index >= 15 is 0 Å². The summed E-state index contributed by atoms with van der Waals surface area (Å²) in [4.78, 5) is 15.6. The zero-order valence-corrected chi connectivity index (χ0v) is 14.6. The molecule has 0 unspecified atom stereocenters. The van der Waals surface area contributed by atoms with Crippen molar-refractivity contribution in [2.24, 2.45) is 0 Å². The molecule has 0 radical (unpaired) electrons. The number of thioether (sulfide) groups is 1. The first kappa shape index (κ1) is 16.4. The Labute approximate surface area is 141 Å². The Hall–Kier alpha value is -1.47. The van der Waals surface area contributed by atoms with Crippen LogP contribution in [0.5, 0.6) is 0 Å². The molecule has 6 nitrogen and oxygen atoms in total. The van der Waals surface area contributed by atoms with Gasteiger partial charge in [0.15, 0.2) is 11.0 Å². The van der Waals surface area contributed by atoms with E-state index in [0.29, 0.717) is 12.5 Å². The van der Waals surface area contributed by atoms with Crippen molar-refractivity contribution in [3.63, 3.8) is 0 Å². The standard InChI is InChI=1S/C16H23N5OS/c1-3-21(10-12-8-17-16(18-9-12)23-4-2)11-14-19-15(22-20-14)13-6-5-7-13/h8-9,13H,3-7,10-11H2,1-2H3. The van der Waals surface area contributed by atoms with Gasteiger partial charge in [0, 0.05) is 30.4 Å². The van der Waals surface area contributed by atoms with E-state index in [1.165, 1.54) is 19.3 Å². The normalized spacial score (nSPS) is 15.1. The van der Waals surface area contributed by atoms with Crippen molar-refractivity contribution < 1.29 is 4.52 Å². The lowest BCUT2D eigenvalue weighted by Crippen LogP contribution is -2.23. The summed E-state index contributed by atoms with van der Waals surface area (Å²) in [6.07, 6.45) is 7.44. The molecule has 0 N–H and O–H groups in total. The second kappa shape index (κ2) is 7.88. The zero-order chi connectivity index (χ0) is 16.1. The minimum atomic E-state index is 0.489. The molecule has 23 heavy (non-hydrogen) atoms. The van der Waals surface area contributed by atoms with Crippen LogP contribution in [0.1, 0.15) is 56.3 Å². The van der Waals surface area contributed by atoms with Gasteiger partial charge in [-0.25, -0.2) is 9.97 Å². The van der Waals surface area contributed by atoms with E-state index in [1.807, 2.05) is 12.4 Å². The van der Waals surface area contributed by atoms with E-state index in [-0.39, 0.29) is 0 Å². The Balaban J connectivity index is 1.57. The predicted octanol–water partition coefficient (Wildman–Crippen LogP) is 3.26. The van der Waals surface area contributed by atoms with E-state index in [1.54, 1.807) is 11.8 Å². The van der Waals surface area contributed by atoms with Crippen LogP contribution in [-0.2, 0) is 13.1 Å². The minimum absolute atomic E-state index is 0.489. The fraction of sp³-hybridized carbons (Fsp3) is 0.625. The summed E-state index contributed by atoms with van der Waals surface area (Å²) in [5.74, 6) is 3.06. The average Bonchev–Trinajstić information content (AvgIpc) is 2.95. The van der Waals surface area contributed by atoms with Crippen LogP contribution in [0.4, 0.5) is 0 Å². The van der Waals surface area contributed by atoms with Gasteiger partial charge in [0.25, 0.3) is 0 Å². The number of aromatic nitrogens is 4. The molecular formula is C16H23N5OS. The molecule has 1 aliphatic rings. The molecule has 0 aliphatic heterocycles. The summed E-state index contributed by atoms with van der Waals surface area (Å²) in [5.41, 5.74) is 1.11. The zero-order valence-electron chi connectivity index (χ0n) is 13.7. The fourth-order valence-electron chi connectivity index (χ4n) is 2.52. The van der Waals surface area contributed by atoms with Crippen LogP contribution in [0.3, 0.4) is 0 Å². The number of hydrogen-bond acceptors (Lipinski definition) is 7. The molecule has 0 saturated heterocycles. The maximum absolute atomic E-state index is 5.39. The van der Waals surface area contributed by atoms with Gasteiger partial charge in [0.05, 0.1) is 6.54 Å². The summed E-state index contributed by atoms with van der Waals surface area (Å²) in [7, 11) is 0. The Bertz CT molecular complexity index is 611. The fourth-order valence-corrected chi connectivity index (χ4v) is 3.03. The van der Waals surface area contributed by atoms with E-state index in [0.717, 1.165) is 41.3 Å². The van der Waals surface area contributed by atoms with Crippen molar-refractivity contribution in [3.05, 3.63) is 29.7 Å². The average molecular weight is 333 g/mol. The van der Waals surface area contributed by atoms with Gasteiger partial charge in [-0.1, -0.05) is 37.2 Å². The monoisotopic (exact) mass is 333 g/mol. The molecular weight excluding hydrogens is 310 g/mol. The first-order chi connectivity index (χ1) is 11.3. The van der Waals surface area contributed by atoms with Crippen LogP contribution < -0.4 is 0 Å². The summed E-state index contributed by atoms with van der Waals surface area (Å²) in [6.45, 7) is 6.64. The van der Waals surface area contributed by atoms with Crippen LogP contribution in [0, 0.1) is 0 Å². The molecule has 0 spiro atoms. The maximum atomic E-state index is 5.39. The van der Waals surface area contributed by atoms with E-state index in [9.17, 15) is 0 Å². The van der Waals surface area contributed by atoms with E-state index in [2.05, 4.69) is 38.9 Å². The SMILES string of the molecule is CCSc1ncc(CN(CC)Cc2noc(C3CCC3)n2)cn1. The minimum Gasteiger partial charge on any atom is -0.339 e. The Kier molecular flexibility index (Phi) is 5.61. The first-order valence-corrected chi connectivity index (χ1v) is 9.25. The molecule has 1 aliphatic carbocycles. The Morgan fingerprint density at radius 1 is 1.22 bits per heavy atom. The molecule has 1 fully saturated rings. The van der Waals surface area contributed by atoms with Crippen molar-refractivity contribution in [1.82, 2.24) is 25.0 Å². The number of nitrogens with zero attached hydrogens (tertiary/aromatic N) is 5. The molecule has 0 bridgehead atoms. The van der Waals surface area contributed by atoms with Crippen LogP contribution in [0.15, 0.2) is 22.1 Å². The third-order valence-corrected chi connectivity index (χ3v) is 4.87. The van der Waals surface area contributed by atoms with Gasteiger partial charge < -0.3 is 4.52 Å². The van der Waals surface area contributed by atoms with Crippen molar-refractivity contribution in [3.8, 4) is 0 Å². The van der Waals surface area contributed by atoms with Crippen LogP contribution >= 0.6 is 11.8 Å². The van der Waals surface area contributed by atoms with Gasteiger partial charge in [0.1, 0.15) is 0 Å². The molecule has 3 rings (SSSR count). The van der Waals surface area contributed by atoms with Gasteiger partial charge in [-0.15, -0.1) is 0 Å². The molecule has 124 valence electrons. The quantitative estimate of drug-likeness (QED) is 0.542. The lowest BCUT2D eigenvalue weighted by atomic mass is 9.85. The highest BCUT2D eigenvalue weighted by molar-refractivity contribution is 7.99. The Morgan fingerprint density at radius 3 is 2.61 bits per heavy atom. The molecule has 2 aromatic heterocycles. The summed E-state index contributed by atoms with van der Waals surface area (Å²) >= 11 is 1.66. The molecule has 0 atom stereocenters. The topological polar surface area (TPSA) is 67.9 Å². The summed E-state index contributed by atoms with van der Waals surface area (Å²) in [5, 5.41) is 4.96. The lowest BCUT2D eigenvalue weighted by molar-refractivity contribution is 0.255. The van der Waals surface area contributed by atoms with Gasteiger partial charge in [-0.2, -0.15) is 4.98 Å². The van der Waals surface area contributed by atoms with Crippen LogP contribution in [-0.4, -0.2) is 37.3 Å². The van der Waals surface area contributed by atoms with E-state index < -0.39 is 0 Å². The molecule has 1 saturated carbocycles. The lowest BCUT2D eigenvalue weighted by Gasteiger charge is -2.20. The van der Waals surface area contributed by atoms with Gasteiger partial charge in [0.2, 0.25) is 5.89 Å². The second-order valence-corrected chi connectivity index (χ2v) is 7.02. The first-order valence-electron chi connectivity index (χ1n) is 8.27. The number of hydrogen-bond donors (Lipinski definition) is 0. The van der Waals surface area contributed by atoms with Crippen molar-refractivity contribution in [2.75, 3.05) is 12.3 Å². The summed E-state index contributed by atoms with van der Waals surface area (Å²) in [6, 6.07) is 0. The number of rotatable bonds is 8. The van der Waals surface area contributed by atoms with Gasteiger partial charge in [-0.3, -0.25) is 4.90 Å². The molecule has 0 aromatic carbocycles. The largest absolute Gasteiger partial charge is 0.339 e. The third-order valence-electron chi connectivity index (χ3n) is 4.11. The highest BCUT2D eigenvalue weighted by Gasteiger charge is 2.25. The third kappa shape index (κ3) is 4.29. The Morgan fingerprint density at radius 2 is 2.00 bits per heavy atom. The van der Waals surface area contributed by atoms with Crippen molar-refractivity contribution >= 4 is 11.8 Å². The van der Waals surface area contributed by atoms with Gasteiger partial charge in [-0.05, 0) is 25.1 Å². The smallest absolute Gasteiger partial charge is 0.229 e. The van der Waals surface area contributed by atoms with Crippen molar-refractivity contribution in [2.45, 2.75) is 57.3 Å². The highest BCUT2D eigenvalue weighted by atomic mass is 32.2. The van der Waals surface area contributed by atoms with Crippen LogP contribution in [0.25, 0.3) is 0 Å². The van der Waals surface area contributed by atoms with Crippen LogP contribution in [0.2, 0.25) is 0 Å². The molecule has 7 heteroatoms. The second-order valence-electron chi connectivity index (χ2n) is 5.79.